The van der Waals surface area contributed by atoms with Crippen molar-refractivity contribution in [1.29, 1.82) is 0 Å². The van der Waals surface area contributed by atoms with Crippen LogP contribution in [0.2, 0.25) is 5.02 Å². The lowest BCUT2D eigenvalue weighted by atomic mass is 10.3. The highest BCUT2D eigenvalue weighted by molar-refractivity contribution is 6.33. The van der Waals surface area contributed by atoms with Gasteiger partial charge in [0, 0.05) is 19.2 Å². The lowest BCUT2D eigenvalue weighted by molar-refractivity contribution is 0.194. The van der Waals surface area contributed by atoms with Crippen LogP contribution >= 0.6 is 11.6 Å². The summed E-state index contributed by atoms with van der Waals surface area (Å²) in [5.41, 5.74) is 0.616. The second kappa shape index (κ2) is 6.66. The Morgan fingerprint density at radius 2 is 2.18 bits per heavy atom. The Kier molecular flexibility index (Phi) is 4.44. The maximum absolute atomic E-state index is 12.3. The van der Waals surface area contributed by atoms with Crippen molar-refractivity contribution in [3.63, 3.8) is 0 Å². The van der Waals surface area contributed by atoms with Crippen LogP contribution in [0, 0.1) is 0 Å². The van der Waals surface area contributed by atoms with E-state index in [0.717, 1.165) is 12.2 Å². The number of ether oxygens (including phenoxy) is 1. The number of urea groups is 1. The number of aromatic nitrogens is 1. The molecule has 2 amide bonds. The molecule has 2 aromatic rings. The number of nitrogens with zero attached hydrogens (tertiary/aromatic N) is 2. The van der Waals surface area contributed by atoms with E-state index in [1.807, 2.05) is 24.3 Å². The summed E-state index contributed by atoms with van der Waals surface area (Å²) in [5, 5.41) is 3.35. The predicted octanol–water partition coefficient (Wildman–Crippen LogP) is 3.42. The fourth-order valence-electron chi connectivity index (χ4n) is 2.37. The van der Waals surface area contributed by atoms with Gasteiger partial charge in [-0.25, -0.2) is 4.79 Å². The first-order valence-corrected chi connectivity index (χ1v) is 7.47. The number of hydrogen-bond acceptors (Lipinski definition) is 3. The van der Waals surface area contributed by atoms with Crippen molar-refractivity contribution in [2.75, 3.05) is 18.4 Å². The second-order valence-corrected chi connectivity index (χ2v) is 5.48. The summed E-state index contributed by atoms with van der Waals surface area (Å²) < 4.78 is 5.82. The zero-order chi connectivity index (χ0) is 15.4. The maximum atomic E-state index is 12.3. The molecule has 114 valence electrons. The summed E-state index contributed by atoms with van der Waals surface area (Å²) in [4.78, 5) is 18.0. The number of benzene rings is 1. The quantitative estimate of drug-likeness (QED) is 0.943. The van der Waals surface area contributed by atoms with E-state index < -0.39 is 0 Å². The molecule has 2 heterocycles. The van der Waals surface area contributed by atoms with E-state index in [0.29, 0.717) is 23.8 Å². The molecule has 1 atom stereocenters. The number of carbonyl (C=O) groups excluding carboxylic acids is 1. The molecule has 1 saturated heterocycles. The summed E-state index contributed by atoms with van der Waals surface area (Å²) in [6.45, 7) is 1.20. The number of hydrogen-bond donors (Lipinski definition) is 1. The molecule has 5 nitrogen and oxygen atoms in total. The van der Waals surface area contributed by atoms with Crippen LogP contribution in [0.15, 0.2) is 48.8 Å². The van der Waals surface area contributed by atoms with E-state index in [9.17, 15) is 4.79 Å². The molecule has 0 radical (unpaired) electrons. The minimum atomic E-state index is -0.162. The Morgan fingerprint density at radius 3 is 2.95 bits per heavy atom. The van der Waals surface area contributed by atoms with Gasteiger partial charge in [-0.2, -0.15) is 0 Å². The van der Waals surface area contributed by atoms with Gasteiger partial charge in [-0.1, -0.05) is 23.7 Å². The molecule has 0 bridgehead atoms. The van der Waals surface area contributed by atoms with E-state index in [-0.39, 0.29) is 12.1 Å². The molecule has 0 aliphatic carbocycles. The van der Waals surface area contributed by atoms with E-state index in [4.69, 9.17) is 16.3 Å². The number of anilines is 1. The Balaban J connectivity index is 1.56. The number of pyridine rings is 1. The fraction of sp³-hybridized carbons (Fsp3) is 0.250. The average molecular weight is 318 g/mol. The Bertz CT molecular complexity index is 651. The molecule has 0 spiro atoms. The Hall–Kier alpha value is -2.27. The van der Waals surface area contributed by atoms with Crippen LogP contribution < -0.4 is 10.1 Å². The van der Waals surface area contributed by atoms with E-state index >= 15 is 0 Å². The standard InChI is InChI=1S/C16H16ClN3O2/c17-14-5-1-2-6-15(14)19-16(21)20-9-7-13(11-20)22-12-4-3-8-18-10-12/h1-6,8,10,13H,7,9,11H2,(H,19,21). The highest BCUT2D eigenvalue weighted by Crippen LogP contribution is 2.22. The van der Waals surface area contributed by atoms with Crippen LogP contribution in [-0.4, -0.2) is 35.1 Å². The highest BCUT2D eigenvalue weighted by Gasteiger charge is 2.27. The normalized spacial score (nSPS) is 17.3. The van der Waals surface area contributed by atoms with Crippen LogP contribution in [0.1, 0.15) is 6.42 Å². The molecule has 1 unspecified atom stereocenters. The van der Waals surface area contributed by atoms with Crippen molar-refractivity contribution in [2.24, 2.45) is 0 Å². The molecule has 3 rings (SSSR count). The lowest BCUT2D eigenvalue weighted by Gasteiger charge is -2.18. The van der Waals surface area contributed by atoms with Gasteiger partial charge in [0.1, 0.15) is 11.9 Å². The predicted molar refractivity (Wildman–Crippen MR) is 85.3 cm³/mol. The number of amides is 2. The largest absolute Gasteiger partial charge is 0.487 e. The third kappa shape index (κ3) is 3.49. The Morgan fingerprint density at radius 1 is 1.32 bits per heavy atom. The van der Waals surface area contributed by atoms with Gasteiger partial charge in [0.05, 0.1) is 23.5 Å². The van der Waals surface area contributed by atoms with Crippen LogP contribution in [0.3, 0.4) is 0 Å². The topological polar surface area (TPSA) is 54.5 Å². The van der Waals surface area contributed by atoms with E-state index in [1.54, 1.807) is 29.4 Å². The van der Waals surface area contributed by atoms with Crippen molar-refractivity contribution in [3.8, 4) is 5.75 Å². The first kappa shape index (κ1) is 14.7. The summed E-state index contributed by atoms with van der Waals surface area (Å²) in [5.74, 6) is 0.723. The van der Waals surface area contributed by atoms with E-state index in [1.165, 1.54) is 0 Å². The van der Waals surface area contributed by atoms with E-state index in [2.05, 4.69) is 10.3 Å². The lowest BCUT2D eigenvalue weighted by Crippen LogP contribution is -2.34. The van der Waals surface area contributed by atoms with Gasteiger partial charge in [-0.15, -0.1) is 0 Å². The summed E-state index contributed by atoms with van der Waals surface area (Å²) in [6, 6.07) is 10.7. The van der Waals surface area contributed by atoms with Gasteiger partial charge >= 0.3 is 6.03 Å². The molecule has 1 aromatic carbocycles. The molecular formula is C16H16ClN3O2. The zero-order valence-electron chi connectivity index (χ0n) is 11.9. The Labute approximate surface area is 133 Å². The van der Waals surface area contributed by atoms with Gasteiger partial charge in [0.15, 0.2) is 0 Å². The van der Waals surface area contributed by atoms with Gasteiger partial charge in [-0.3, -0.25) is 4.98 Å². The number of carbonyl (C=O) groups is 1. The first-order valence-electron chi connectivity index (χ1n) is 7.09. The molecule has 1 aliphatic rings. The fourth-order valence-corrected chi connectivity index (χ4v) is 2.56. The molecule has 1 fully saturated rings. The van der Waals surface area contributed by atoms with Gasteiger partial charge in [0.2, 0.25) is 0 Å². The monoisotopic (exact) mass is 317 g/mol. The van der Waals surface area contributed by atoms with Crippen molar-refractivity contribution in [2.45, 2.75) is 12.5 Å². The summed E-state index contributed by atoms with van der Waals surface area (Å²) in [6.07, 6.45) is 4.16. The SMILES string of the molecule is O=C(Nc1ccccc1Cl)N1CCC(Oc2cccnc2)C1. The molecule has 1 N–H and O–H groups in total. The number of nitrogens with one attached hydrogen (secondary N) is 1. The third-order valence-corrected chi connectivity index (χ3v) is 3.81. The van der Waals surface area contributed by atoms with Crippen molar-refractivity contribution in [3.05, 3.63) is 53.8 Å². The van der Waals surface area contributed by atoms with Crippen molar-refractivity contribution < 1.29 is 9.53 Å². The number of likely N-dealkylation sites (tertiary alicyclic amines) is 1. The molecule has 1 aliphatic heterocycles. The molecule has 0 saturated carbocycles. The molecule has 1 aromatic heterocycles. The smallest absolute Gasteiger partial charge is 0.322 e. The highest BCUT2D eigenvalue weighted by atomic mass is 35.5. The van der Waals surface area contributed by atoms with Crippen LogP contribution in [-0.2, 0) is 0 Å². The average Bonchev–Trinajstić information content (AvgIpc) is 2.99. The van der Waals surface area contributed by atoms with Crippen molar-refractivity contribution in [1.82, 2.24) is 9.88 Å². The van der Waals surface area contributed by atoms with Crippen LogP contribution in [0.5, 0.6) is 5.75 Å². The maximum Gasteiger partial charge on any atom is 0.322 e. The van der Waals surface area contributed by atoms with Crippen LogP contribution in [0.25, 0.3) is 0 Å². The number of para-hydroxylation sites is 1. The minimum Gasteiger partial charge on any atom is -0.487 e. The second-order valence-electron chi connectivity index (χ2n) is 5.07. The van der Waals surface area contributed by atoms with Crippen molar-refractivity contribution >= 4 is 23.3 Å². The minimum absolute atomic E-state index is 0.0128. The number of rotatable bonds is 3. The first-order chi connectivity index (χ1) is 10.7. The third-order valence-electron chi connectivity index (χ3n) is 3.48. The van der Waals surface area contributed by atoms with Gasteiger partial charge < -0.3 is 15.0 Å². The van der Waals surface area contributed by atoms with Crippen LogP contribution in [0.4, 0.5) is 10.5 Å². The summed E-state index contributed by atoms with van der Waals surface area (Å²) in [7, 11) is 0. The molecular weight excluding hydrogens is 302 g/mol. The van der Waals surface area contributed by atoms with Gasteiger partial charge in [-0.05, 0) is 24.3 Å². The molecule has 22 heavy (non-hydrogen) atoms. The number of halogens is 1. The van der Waals surface area contributed by atoms with Gasteiger partial charge in [0.25, 0.3) is 0 Å². The molecule has 6 heteroatoms. The zero-order valence-corrected chi connectivity index (χ0v) is 12.7. The summed E-state index contributed by atoms with van der Waals surface area (Å²) >= 11 is 6.05.